The third kappa shape index (κ3) is 3.90. The highest BCUT2D eigenvalue weighted by molar-refractivity contribution is 5.81. The smallest absolute Gasteiger partial charge is 0.263 e. The molecule has 0 bridgehead atoms. The van der Waals surface area contributed by atoms with Gasteiger partial charge in [0.1, 0.15) is 11.6 Å². The minimum atomic E-state index is -0.497. The predicted octanol–water partition coefficient (Wildman–Crippen LogP) is 2.21. The number of hydrogen-bond acceptors (Lipinski definition) is 5. The zero-order valence-corrected chi connectivity index (χ0v) is 15.0. The third-order valence-corrected chi connectivity index (χ3v) is 4.67. The summed E-state index contributed by atoms with van der Waals surface area (Å²) in [7, 11) is 0. The molecule has 2 aromatic rings. The third-order valence-electron chi connectivity index (χ3n) is 4.67. The van der Waals surface area contributed by atoms with Gasteiger partial charge in [0.2, 0.25) is 0 Å². The van der Waals surface area contributed by atoms with Gasteiger partial charge in [-0.05, 0) is 38.0 Å². The van der Waals surface area contributed by atoms with Crippen molar-refractivity contribution >= 4 is 11.7 Å². The van der Waals surface area contributed by atoms with Crippen LogP contribution in [-0.4, -0.2) is 53.1 Å². The summed E-state index contributed by atoms with van der Waals surface area (Å²) in [5.41, 5.74) is 2.24. The van der Waals surface area contributed by atoms with E-state index in [4.69, 9.17) is 4.74 Å². The lowest BCUT2D eigenvalue weighted by molar-refractivity contribution is -0.138. The highest BCUT2D eigenvalue weighted by Crippen LogP contribution is 2.22. The highest BCUT2D eigenvalue weighted by atomic mass is 16.5. The summed E-state index contributed by atoms with van der Waals surface area (Å²) < 4.78 is 5.93. The van der Waals surface area contributed by atoms with Crippen molar-refractivity contribution in [3.63, 3.8) is 0 Å². The van der Waals surface area contributed by atoms with Gasteiger partial charge in [0.05, 0.1) is 6.20 Å². The van der Waals surface area contributed by atoms with Gasteiger partial charge in [-0.3, -0.25) is 9.78 Å². The molecule has 1 aliphatic heterocycles. The number of amides is 1. The molecule has 1 aromatic carbocycles. The van der Waals surface area contributed by atoms with Gasteiger partial charge in [0.25, 0.3) is 5.91 Å². The molecule has 1 atom stereocenters. The van der Waals surface area contributed by atoms with Crippen LogP contribution in [0.2, 0.25) is 0 Å². The molecule has 0 N–H and O–H groups in total. The van der Waals surface area contributed by atoms with E-state index in [1.807, 2.05) is 43.9 Å². The summed E-state index contributed by atoms with van der Waals surface area (Å²) in [6, 6.07) is 5.91. The quantitative estimate of drug-likeness (QED) is 0.854. The lowest BCUT2D eigenvalue weighted by atomic mass is 10.1. The summed E-state index contributed by atoms with van der Waals surface area (Å²) in [5, 5.41) is 0. The molecular formula is C19H24N4O2. The van der Waals surface area contributed by atoms with E-state index in [0.717, 1.165) is 35.8 Å². The number of ether oxygens (including phenoxy) is 1. The average Bonchev–Trinajstić information content (AvgIpc) is 2.65. The molecule has 1 amide bonds. The molecule has 6 heteroatoms. The number of aromatic nitrogens is 2. The number of hydrogen-bond donors (Lipinski definition) is 0. The van der Waals surface area contributed by atoms with Crippen molar-refractivity contribution in [3.8, 4) is 5.75 Å². The zero-order chi connectivity index (χ0) is 17.8. The maximum atomic E-state index is 12.7. The Morgan fingerprint density at radius 2 is 1.92 bits per heavy atom. The molecule has 1 saturated heterocycles. The van der Waals surface area contributed by atoms with Crippen LogP contribution in [-0.2, 0) is 4.79 Å². The number of carbonyl (C=O) groups excluding carboxylic acids is 1. The Labute approximate surface area is 148 Å². The second kappa shape index (κ2) is 7.51. The first kappa shape index (κ1) is 17.2. The fraction of sp³-hybridized carbons (Fsp3) is 0.421. The van der Waals surface area contributed by atoms with Crippen LogP contribution in [0.1, 0.15) is 18.1 Å². The molecule has 1 fully saturated rings. The van der Waals surface area contributed by atoms with E-state index in [0.29, 0.717) is 13.1 Å². The molecule has 1 aromatic heterocycles. The van der Waals surface area contributed by atoms with E-state index in [2.05, 4.69) is 14.9 Å². The Morgan fingerprint density at radius 1 is 1.16 bits per heavy atom. The molecule has 6 nitrogen and oxygen atoms in total. The van der Waals surface area contributed by atoms with Gasteiger partial charge in [-0.15, -0.1) is 0 Å². The first-order chi connectivity index (χ1) is 12.1. The van der Waals surface area contributed by atoms with Crippen LogP contribution in [0, 0.1) is 13.8 Å². The molecule has 0 aliphatic carbocycles. The number of carbonyl (C=O) groups is 1. The summed E-state index contributed by atoms with van der Waals surface area (Å²) in [6.45, 7) is 8.70. The number of rotatable bonds is 4. The topological polar surface area (TPSA) is 58.6 Å². The van der Waals surface area contributed by atoms with E-state index in [1.165, 1.54) is 0 Å². The predicted molar refractivity (Wildman–Crippen MR) is 96.8 cm³/mol. The summed E-state index contributed by atoms with van der Waals surface area (Å²) in [5.74, 6) is 1.66. The van der Waals surface area contributed by atoms with Crippen LogP contribution in [0.3, 0.4) is 0 Å². The summed E-state index contributed by atoms with van der Waals surface area (Å²) in [4.78, 5) is 25.1. The number of piperazine rings is 1. The van der Waals surface area contributed by atoms with E-state index >= 15 is 0 Å². The van der Waals surface area contributed by atoms with E-state index in [9.17, 15) is 4.79 Å². The van der Waals surface area contributed by atoms with E-state index in [-0.39, 0.29) is 5.91 Å². The molecule has 132 valence electrons. The van der Waals surface area contributed by atoms with Gasteiger partial charge in [-0.25, -0.2) is 4.98 Å². The highest BCUT2D eigenvalue weighted by Gasteiger charge is 2.26. The van der Waals surface area contributed by atoms with Gasteiger partial charge in [-0.1, -0.05) is 12.1 Å². The molecule has 25 heavy (non-hydrogen) atoms. The largest absolute Gasteiger partial charge is 0.481 e. The molecule has 0 spiro atoms. The van der Waals surface area contributed by atoms with Crippen molar-refractivity contribution < 1.29 is 9.53 Å². The van der Waals surface area contributed by atoms with Crippen molar-refractivity contribution in [2.75, 3.05) is 31.1 Å². The number of anilines is 1. The Kier molecular flexibility index (Phi) is 5.16. The van der Waals surface area contributed by atoms with Crippen molar-refractivity contribution in [2.45, 2.75) is 26.9 Å². The van der Waals surface area contributed by atoms with E-state index in [1.54, 1.807) is 18.6 Å². The maximum absolute atomic E-state index is 12.7. The van der Waals surface area contributed by atoms with Crippen molar-refractivity contribution in [1.82, 2.24) is 14.9 Å². The van der Waals surface area contributed by atoms with Crippen LogP contribution >= 0.6 is 0 Å². The Balaban J connectivity index is 1.58. The fourth-order valence-electron chi connectivity index (χ4n) is 2.96. The van der Waals surface area contributed by atoms with Crippen LogP contribution < -0.4 is 9.64 Å². The van der Waals surface area contributed by atoms with Crippen LogP contribution in [0.4, 0.5) is 5.82 Å². The first-order valence-corrected chi connectivity index (χ1v) is 8.59. The summed E-state index contributed by atoms with van der Waals surface area (Å²) >= 11 is 0. The lowest BCUT2D eigenvalue weighted by Gasteiger charge is -2.36. The first-order valence-electron chi connectivity index (χ1n) is 8.59. The monoisotopic (exact) mass is 340 g/mol. The molecular weight excluding hydrogens is 316 g/mol. The Morgan fingerprint density at radius 3 is 2.60 bits per heavy atom. The number of nitrogens with zero attached hydrogens (tertiary/aromatic N) is 4. The lowest BCUT2D eigenvalue weighted by Crippen LogP contribution is -2.52. The molecule has 3 rings (SSSR count). The Hall–Kier alpha value is -2.63. The van der Waals surface area contributed by atoms with Gasteiger partial charge < -0.3 is 14.5 Å². The molecule has 0 saturated carbocycles. The Bertz CT molecular complexity index is 727. The van der Waals surface area contributed by atoms with Crippen molar-refractivity contribution in [2.24, 2.45) is 0 Å². The van der Waals surface area contributed by atoms with Crippen molar-refractivity contribution in [1.29, 1.82) is 0 Å². The number of aryl methyl sites for hydroxylation is 1. The minimum Gasteiger partial charge on any atom is -0.481 e. The summed E-state index contributed by atoms with van der Waals surface area (Å²) in [6.07, 6.45) is 4.61. The molecule has 0 radical (unpaired) electrons. The second-order valence-corrected chi connectivity index (χ2v) is 6.33. The van der Waals surface area contributed by atoms with Gasteiger partial charge in [-0.2, -0.15) is 0 Å². The van der Waals surface area contributed by atoms with Crippen LogP contribution in [0.5, 0.6) is 5.75 Å². The van der Waals surface area contributed by atoms with Crippen LogP contribution in [0.25, 0.3) is 0 Å². The molecule has 2 heterocycles. The fourth-order valence-corrected chi connectivity index (χ4v) is 2.96. The molecule has 1 aliphatic rings. The van der Waals surface area contributed by atoms with Crippen molar-refractivity contribution in [3.05, 3.63) is 47.9 Å². The normalized spacial score (nSPS) is 15.8. The van der Waals surface area contributed by atoms with Crippen LogP contribution in [0.15, 0.2) is 36.8 Å². The maximum Gasteiger partial charge on any atom is 0.263 e. The van der Waals surface area contributed by atoms with Gasteiger partial charge >= 0.3 is 0 Å². The second-order valence-electron chi connectivity index (χ2n) is 6.33. The molecule has 0 unspecified atom stereocenters. The average molecular weight is 340 g/mol. The SMILES string of the molecule is Cc1cccc(O[C@@H](C)C(=O)N2CCN(c3cnccn3)CC2)c1C. The van der Waals surface area contributed by atoms with E-state index < -0.39 is 6.10 Å². The van der Waals surface area contributed by atoms with Gasteiger partial charge in [0, 0.05) is 38.6 Å². The minimum absolute atomic E-state index is 0.0275. The van der Waals surface area contributed by atoms with Gasteiger partial charge in [0.15, 0.2) is 6.10 Å². The zero-order valence-electron chi connectivity index (χ0n) is 15.0. The number of benzene rings is 1. The standard InChI is InChI=1S/C19H24N4O2/c1-14-5-4-6-17(15(14)2)25-16(3)19(24)23-11-9-22(10-12-23)18-13-20-7-8-21-18/h4-8,13,16H,9-12H2,1-3H3/t16-/m0/s1.